The SMILES string of the molecule is COC[C@@]1(C(N)=S)[C@@H](c2cccc(Cl)c2)[C@@H]1S(C)(=O)=O. The van der Waals surface area contributed by atoms with Crippen LogP contribution in [0.4, 0.5) is 0 Å². The highest BCUT2D eigenvalue weighted by molar-refractivity contribution is 7.92. The second-order valence-corrected chi connectivity index (χ2v) is 8.16. The van der Waals surface area contributed by atoms with Crippen LogP contribution in [0.2, 0.25) is 5.02 Å². The Balaban J connectivity index is 2.53. The number of halogens is 1. The minimum atomic E-state index is -3.31. The van der Waals surface area contributed by atoms with Crippen molar-refractivity contribution >= 4 is 38.6 Å². The minimum Gasteiger partial charge on any atom is -0.393 e. The summed E-state index contributed by atoms with van der Waals surface area (Å²) in [4.78, 5) is 0.166. The molecule has 0 unspecified atom stereocenters. The molecule has 20 heavy (non-hydrogen) atoms. The molecule has 2 N–H and O–H groups in total. The van der Waals surface area contributed by atoms with E-state index in [9.17, 15) is 8.42 Å². The molecule has 1 aromatic rings. The molecule has 3 atom stereocenters. The standard InChI is InChI=1S/C13H16ClNO3S2/c1-18-7-13(12(15)19)10(11(13)20(2,16)17)8-4-3-5-9(14)6-8/h3-6,10-11H,7H2,1-2H3,(H2,15,19)/t10-,11-,13+/m0/s1. The van der Waals surface area contributed by atoms with Gasteiger partial charge in [0.05, 0.1) is 22.3 Å². The maximum atomic E-state index is 12.1. The number of hydrogen-bond acceptors (Lipinski definition) is 4. The smallest absolute Gasteiger partial charge is 0.152 e. The number of ether oxygens (including phenoxy) is 1. The van der Waals surface area contributed by atoms with Gasteiger partial charge in [0.25, 0.3) is 0 Å². The van der Waals surface area contributed by atoms with Crippen molar-refractivity contribution in [1.29, 1.82) is 0 Å². The van der Waals surface area contributed by atoms with E-state index in [-0.39, 0.29) is 17.5 Å². The van der Waals surface area contributed by atoms with Crippen molar-refractivity contribution in [1.82, 2.24) is 0 Å². The normalized spacial score (nSPS) is 29.1. The first-order valence-corrected chi connectivity index (χ1v) is 8.72. The maximum Gasteiger partial charge on any atom is 0.152 e. The summed E-state index contributed by atoms with van der Waals surface area (Å²) in [5.74, 6) is -0.311. The van der Waals surface area contributed by atoms with E-state index in [1.165, 1.54) is 13.4 Å². The molecule has 1 saturated carbocycles. The molecule has 0 amide bonds. The summed E-state index contributed by atoms with van der Waals surface area (Å²) in [5, 5.41) is -0.109. The summed E-state index contributed by atoms with van der Waals surface area (Å²) in [7, 11) is -1.80. The summed E-state index contributed by atoms with van der Waals surface area (Å²) in [6.07, 6.45) is 1.20. The van der Waals surface area contributed by atoms with E-state index in [1.54, 1.807) is 18.2 Å². The molecule has 1 aliphatic carbocycles. The highest BCUT2D eigenvalue weighted by Crippen LogP contribution is 2.63. The van der Waals surface area contributed by atoms with Gasteiger partial charge in [-0.05, 0) is 17.7 Å². The van der Waals surface area contributed by atoms with Gasteiger partial charge in [0.15, 0.2) is 9.84 Å². The van der Waals surface area contributed by atoms with Crippen molar-refractivity contribution in [2.24, 2.45) is 11.1 Å². The van der Waals surface area contributed by atoms with E-state index in [1.807, 2.05) is 6.07 Å². The van der Waals surface area contributed by atoms with E-state index in [0.717, 1.165) is 5.56 Å². The quantitative estimate of drug-likeness (QED) is 0.832. The number of methoxy groups -OCH3 is 1. The van der Waals surface area contributed by atoms with E-state index >= 15 is 0 Å². The first kappa shape index (κ1) is 15.7. The highest BCUT2D eigenvalue weighted by Gasteiger charge is 2.71. The zero-order chi connectivity index (χ0) is 15.1. The van der Waals surface area contributed by atoms with E-state index in [0.29, 0.717) is 5.02 Å². The Morgan fingerprint density at radius 1 is 1.55 bits per heavy atom. The largest absolute Gasteiger partial charge is 0.393 e. The molecule has 7 heteroatoms. The van der Waals surface area contributed by atoms with Gasteiger partial charge in [0.2, 0.25) is 0 Å². The molecule has 0 bridgehead atoms. The number of benzene rings is 1. The van der Waals surface area contributed by atoms with Crippen LogP contribution in [0.5, 0.6) is 0 Å². The van der Waals surface area contributed by atoms with Gasteiger partial charge >= 0.3 is 0 Å². The van der Waals surface area contributed by atoms with Crippen LogP contribution >= 0.6 is 23.8 Å². The third-order valence-corrected chi connectivity index (χ3v) is 6.00. The molecule has 2 rings (SSSR count). The van der Waals surface area contributed by atoms with Gasteiger partial charge in [-0.25, -0.2) is 8.42 Å². The summed E-state index contributed by atoms with van der Waals surface area (Å²) in [6.45, 7) is 0.178. The Morgan fingerprint density at radius 3 is 2.65 bits per heavy atom. The lowest BCUT2D eigenvalue weighted by Crippen LogP contribution is -2.32. The topological polar surface area (TPSA) is 69.4 Å². The van der Waals surface area contributed by atoms with Gasteiger partial charge in [0.1, 0.15) is 0 Å². The highest BCUT2D eigenvalue weighted by atomic mass is 35.5. The number of sulfone groups is 1. The van der Waals surface area contributed by atoms with Crippen molar-refractivity contribution in [3.05, 3.63) is 34.9 Å². The van der Waals surface area contributed by atoms with Crippen LogP contribution in [0, 0.1) is 5.41 Å². The number of rotatable bonds is 5. The van der Waals surface area contributed by atoms with Crippen molar-refractivity contribution in [3.8, 4) is 0 Å². The molecule has 110 valence electrons. The predicted molar refractivity (Wildman–Crippen MR) is 83.9 cm³/mol. The third kappa shape index (κ3) is 2.45. The zero-order valence-electron chi connectivity index (χ0n) is 11.2. The van der Waals surface area contributed by atoms with Crippen LogP contribution in [-0.4, -0.2) is 38.6 Å². The minimum absolute atomic E-state index is 0.166. The number of thiocarbonyl (C=S) groups is 1. The molecule has 0 heterocycles. The van der Waals surface area contributed by atoms with Crippen molar-refractivity contribution in [2.45, 2.75) is 11.2 Å². The fourth-order valence-corrected chi connectivity index (χ4v) is 5.49. The molecular formula is C13H16ClNO3S2. The fourth-order valence-electron chi connectivity index (χ4n) is 2.98. The van der Waals surface area contributed by atoms with Crippen LogP contribution in [0.3, 0.4) is 0 Å². The van der Waals surface area contributed by atoms with Crippen LogP contribution in [0.25, 0.3) is 0 Å². The first-order chi connectivity index (χ1) is 9.25. The van der Waals surface area contributed by atoms with Crippen LogP contribution in [0.15, 0.2) is 24.3 Å². The zero-order valence-corrected chi connectivity index (χ0v) is 13.6. The predicted octanol–water partition coefficient (Wildman–Crippen LogP) is 1.77. The van der Waals surface area contributed by atoms with Crippen LogP contribution < -0.4 is 5.73 Å². The monoisotopic (exact) mass is 333 g/mol. The van der Waals surface area contributed by atoms with Crippen molar-refractivity contribution in [3.63, 3.8) is 0 Å². The summed E-state index contributed by atoms with van der Waals surface area (Å²) in [5.41, 5.74) is 5.80. The first-order valence-electron chi connectivity index (χ1n) is 5.98. The van der Waals surface area contributed by atoms with Crippen molar-refractivity contribution in [2.75, 3.05) is 20.0 Å². The summed E-state index contributed by atoms with van der Waals surface area (Å²) >= 11 is 11.1. The maximum absolute atomic E-state index is 12.1. The van der Waals surface area contributed by atoms with E-state index in [2.05, 4.69) is 0 Å². The summed E-state index contributed by atoms with van der Waals surface area (Å²) in [6, 6.07) is 7.11. The molecule has 0 spiro atoms. The average Bonchev–Trinajstić information content (AvgIpc) is 3.00. The Bertz CT molecular complexity index is 647. The number of nitrogens with two attached hydrogens (primary N) is 1. The molecule has 4 nitrogen and oxygen atoms in total. The van der Waals surface area contributed by atoms with E-state index < -0.39 is 20.5 Å². The lowest BCUT2D eigenvalue weighted by molar-refractivity contribution is 0.166. The van der Waals surface area contributed by atoms with Gasteiger partial charge in [0, 0.05) is 24.3 Å². The van der Waals surface area contributed by atoms with Gasteiger partial charge in [-0.1, -0.05) is 36.0 Å². The fraction of sp³-hybridized carbons (Fsp3) is 0.462. The summed E-state index contributed by atoms with van der Waals surface area (Å²) < 4.78 is 29.3. The van der Waals surface area contributed by atoms with Gasteiger partial charge < -0.3 is 10.5 Å². The van der Waals surface area contributed by atoms with Crippen LogP contribution in [-0.2, 0) is 14.6 Å². The number of hydrogen-bond donors (Lipinski definition) is 1. The molecule has 1 aliphatic rings. The Labute approximate surface area is 129 Å². The second-order valence-electron chi connectivity index (χ2n) is 5.12. The molecule has 0 radical (unpaired) electrons. The van der Waals surface area contributed by atoms with Crippen LogP contribution in [0.1, 0.15) is 11.5 Å². The molecular weight excluding hydrogens is 318 g/mol. The van der Waals surface area contributed by atoms with Gasteiger partial charge in [-0.2, -0.15) is 0 Å². The van der Waals surface area contributed by atoms with Gasteiger partial charge in [-0.15, -0.1) is 0 Å². The molecule has 0 saturated heterocycles. The average molecular weight is 334 g/mol. The third-order valence-electron chi connectivity index (χ3n) is 3.77. The Kier molecular flexibility index (Phi) is 4.12. The van der Waals surface area contributed by atoms with Gasteiger partial charge in [-0.3, -0.25) is 0 Å². The lowest BCUT2D eigenvalue weighted by atomic mass is 10.00. The lowest BCUT2D eigenvalue weighted by Gasteiger charge is -2.15. The molecule has 1 fully saturated rings. The van der Waals surface area contributed by atoms with Crippen molar-refractivity contribution < 1.29 is 13.2 Å². The Morgan fingerprint density at radius 2 is 2.20 bits per heavy atom. The van der Waals surface area contributed by atoms with E-state index in [4.69, 9.17) is 34.3 Å². The molecule has 0 aliphatic heterocycles. The molecule has 1 aromatic carbocycles. The second kappa shape index (κ2) is 5.26. The Hall–Kier alpha value is -0.690. The molecule has 0 aromatic heterocycles.